The Hall–Kier alpha value is -2.15. The molecule has 1 atom stereocenters. The molecule has 0 saturated heterocycles. The molecule has 0 heterocycles. The fraction of sp³-hybridized carbons (Fsp3) is 0.316. The second-order valence-electron chi connectivity index (χ2n) is 5.83. The summed E-state index contributed by atoms with van der Waals surface area (Å²) in [4.78, 5) is 2.23. The summed E-state index contributed by atoms with van der Waals surface area (Å²) >= 11 is 0. The van der Waals surface area contributed by atoms with Crippen molar-refractivity contribution in [2.45, 2.75) is 19.5 Å². The van der Waals surface area contributed by atoms with E-state index < -0.39 is 0 Å². The summed E-state index contributed by atoms with van der Waals surface area (Å²) in [6.45, 7) is 3.80. The van der Waals surface area contributed by atoms with Gasteiger partial charge in [-0.3, -0.25) is 0 Å². The van der Waals surface area contributed by atoms with E-state index in [2.05, 4.69) is 61.6 Å². The van der Waals surface area contributed by atoms with Gasteiger partial charge in [0.2, 0.25) is 0 Å². The van der Waals surface area contributed by atoms with Gasteiger partial charge in [-0.2, -0.15) is 5.26 Å². The van der Waals surface area contributed by atoms with E-state index in [0.29, 0.717) is 11.6 Å². The van der Waals surface area contributed by atoms with Gasteiger partial charge >= 0.3 is 0 Å². The lowest BCUT2D eigenvalue weighted by atomic mass is 10.0. The van der Waals surface area contributed by atoms with Crippen LogP contribution in [0.4, 0.5) is 0 Å². The van der Waals surface area contributed by atoms with Crippen LogP contribution >= 0.6 is 0 Å². The second kappa shape index (κ2) is 7.74. The average Bonchev–Trinajstić information content (AvgIpc) is 2.53. The summed E-state index contributed by atoms with van der Waals surface area (Å²) in [5, 5.41) is 12.3. The van der Waals surface area contributed by atoms with Gasteiger partial charge in [0, 0.05) is 19.1 Å². The summed E-state index contributed by atoms with van der Waals surface area (Å²) in [7, 11) is 4.21. The molecule has 3 heteroatoms. The Morgan fingerprint density at radius 1 is 1.05 bits per heavy atom. The Bertz CT molecular complexity index is 621. The number of nitrogens with zero attached hydrogens (tertiary/aromatic N) is 2. The van der Waals surface area contributed by atoms with Gasteiger partial charge in [0.1, 0.15) is 0 Å². The first-order valence-electron chi connectivity index (χ1n) is 7.53. The Morgan fingerprint density at radius 3 is 2.23 bits per heavy atom. The molecule has 2 aromatic carbocycles. The Balaban J connectivity index is 1.94. The van der Waals surface area contributed by atoms with Gasteiger partial charge in [-0.1, -0.05) is 42.0 Å². The molecule has 0 amide bonds. The molecular weight excluding hydrogens is 270 g/mol. The van der Waals surface area contributed by atoms with E-state index in [0.717, 1.165) is 13.1 Å². The van der Waals surface area contributed by atoms with Crippen LogP contribution in [0.1, 0.15) is 28.3 Å². The van der Waals surface area contributed by atoms with Crippen LogP contribution in [0.3, 0.4) is 0 Å². The van der Waals surface area contributed by atoms with Crippen molar-refractivity contribution in [2.75, 3.05) is 20.6 Å². The first kappa shape index (κ1) is 16.2. The number of hydrogen-bond acceptors (Lipinski definition) is 3. The molecular formula is C19H23N3. The number of nitrogens with one attached hydrogen (secondary N) is 1. The molecule has 0 fully saturated rings. The van der Waals surface area contributed by atoms with Crippen LogP contribution in [-0.4, -0.2) is 25.5 Å². The molecule has 2 rings (SSSR count). The number of hydrogen-bond donors (Lipinski definition) is 1. The first-order chi connectivity index (χ1) is 10.6. The highest BCUT2D eigenvalue weighted by Gasteiger charge is 2.13. The number of likely N-dealkylation sites (N-methyl/N-ethyl adjacent to an activating group) is 1. The molecule has 0 aliphatic carbocycles. The SMILES string of the molecule is Cc1ccc(C(CNCc2ccc(C#N)cc2)N(C)C)cc1. The minimum absolute atomic E-state index is 0.346. The van der Waals surface area contributed by atoms with Crippen LogP contribution in [0.15, 0.2) is 48.5 Å². The van der Waals surface area contributed by atoms with Gasteiger partial charge in [0.25, 0.3) is 0 Å². The molecule has 0 spiro atoms. The molecule has 114 valence electrons. The second-order valence-corrected chi connectivity index (χ2v) is 5.83. The van der Waals surface area contributed by atoms with Gasteiger partial charge < -0.3 is 10.2 Å². The van der Waals surface area contributed by atoms with Crippen molar-refractivity contribution in [3.8, 4) is 6.07 Å². The quantitative estimate of drug-likeness (QED) is 0.888. The zero-order valence-electron chi connectivity index (χ0n) is 13.5. The number of rotatable bonds is 6. The van der Waals surface area contributed by atoms with E-state index in [1.54, 1.807) is 0 Å². The maximum absolute atomic E-state index is 8.81. The van der Waals surface area contributed by atoms with Gasteiger partial charge in [0.15, 0.2) is 0 Å². The molecule has 22 heavy (non-hydrogen) atoms. The molecule has 0 saturated carbocycles. The van der Waals surface area contributed by atoms with Gasteiger partial charge in [-0.25, -0.2) is 0 Å². The fourth-order valence-corrected chi connectivity index (χ4v) is 2.44. The van der Waals surface area contributed by atoms with Crippen LogP contribution in [0.25, 0.3) is 0 Å². The summed E-state index contributed by atoms with van der Waals surface area (Å²) in [6.07, 6.45) is 0. The van der Waals surface area contributed by atoms with Gasteiger partial charge in [-0.05, 0) is 44.3 Å². The Kier molecular flexibility index (Phi) is 5.71. The third-order valence-electron chi connectivity index (χ3n) is 3.84. The van der Waals surface area contributed by atoms with Crippen LogP contribution in [0.5, 0.6) is 0 Å². The Morgan fingerprint density at radius 2 is 1.68 bits per heavy atom. The molecule has 0 aromatic heterocycles. The number of aryl methyl sites for hydroxylation is 1. The van der Waals surface area contributed by atoms with Crippen molar-refractivity contribution >= 4 is 0 Å². The van der Waals surface area contributed by atoms with Crippen molar-refractivity contribution < 1.29 is 0 Å². The average molecular weight is 293 g/mol. The lowest BCUT2D eigenvalue weighted by molar-refractivity contribution is 0.288. The predicted octanol–water partition coefficient (Wildman–Crippen LogP) is 3.26. The zero-order valence-corrected chi connectivity index (χ0v) is 13.5. The molecule has 2 aromatic rings. The predicted molar refractivity (Wildman–Crippen MR) is 90.5 cm³/mol. The van der Waals surface area contributed by atoms with E-state index in [1.807, 2.05) is 24.3 Å². The number of nitriles is 1. The number of benzene rings is 2. The summed E-state index contributed by atoms with van der Waals surface area (Å²) in [6, 6.07) is 18.9. The van der Waals surface area contributed by atoms with Crippen molar-refractivity contribution in [3.63, 3.8) is 0 Å². The fourth-order valence-electron chi connectivity index (χ4n) is 2.44. The van der Waals surface area contributed by atoms with Crippen molar-refractivity contribution in [3.05, 3.63) is 70.8 Å². The molecule has 0 bridgehead atoms. The van der Waals surface area contributed by atoms with Gasteiger partial charge in [0.05, 0.1) is 11.6 Å². The monoisotopic (exact) mass is 293 g/mol. The van der Waals surface area contributed by atoms with E-state index >= 15 is 0 Å². The molecule has 3 nitrogen and oxygen atoms in total. The smallest absolute Gasteiger partial charge is 0.0991 e. The standard InChI is InChI=1S/C19H23N3/c1-15-4-10-18(11-5-15)19(22(2)3)14-21-13-17-8-6-16(12-20)7-9-17/h4-11,19,21H,13-14H2,1-3H3. The molecule has 0 aliphatic heterocycles. The minimum atomic E-state index is 0.346. The van der Waals surface area contributed by atoms with Crippen molar-refractivity contribution in [1.82, 2.24) is 10.2 Å². The summed E-state index contributed by atoms with van der Waals surface area (Å²) in [5.41, 5.74) is 4.50. The van der Waals surface area contributed by atoms with Crippen LogP contribution in [0, 0.1) is 18.3 Å². The molecule has 0 radical (unpaired) electrons. The van der Waals surface area contributed by atoms with E-state index in [9.17, 15) is 0 Å². The highest BCUT2D eigenvalue weighted by Crippen LogP contribution is 2.18. The molecule has 1 unspecified atom stereocenters. The van der Waals surface area contributed by atoms with Gasteiger partial charge in [-0.15, -0.1) is 0 Å². The van der Waals surface area contributed by atoms with E-state index in [1.165, 1.54) is 16.7 Å². The maximum atomic E-state index is 8.81. The zero-order chi connectivity index (χ0) is 15.9. The van der Waals surface area contributed by atoms with Crippen molar-refractivity contribution in [1.29, 1.82) is 5.26 Å². The lowest BCUT2D eigenvalue weighted by Crippen LogP contribution is -2.30. The normalized spacial score (nSPS) is 12.1. The minimum Gasteiger partial charge on any atom is -0.311 e. The largest absolute Gasteiger partial charge is 0.311 e. The van der Waals surface area contributed by atoms with E-state index in [4.69, 9.17) is 5.26 Å². The van der Waals surface area contributed by atoms with Crippen LogP contribution in [-0.2, 0) is 6.54 Å². The van der Waals surface area contributed by atoms with Crippen molar-refractivity contribution in [2.24, 2.45) is 0 Å². The summed E-state index contributed by atoms with van der Waals surface area (Å²) in [5.74, 6) is 0. The van der Waals surface area contributed by atoms with Crippen LogP contribution < -0.4 is 5.32 Å². The topological polar surface area (TPSA) is 39.1 Å². The molecule has 1 N–H and O–H groups in total. The van der Waals surface area contributed by atoms with E-state index in [-0.39, 0.29) is 0 Å². The third kappa shape index (κ3) is 4.42. The third-order valence-corrected chi connectivity index (χ3v) is 3.84. The summed E-state index contributed by atoms with van der Waals surface area (Å²) < 4.78 is 0. The Labute approximate surface area is 133 Å². The highest BCUT2D eigenvalue weighted by atomic mass is 15.1. The van der Waals surface area contributed by atoms with Crippen LogP contribution in [0.2, 0.25) is 0 Å². The first-order valence-corrected chi connectivity index (χ1v) is 7.53. The maximum Gasteiger partial charge on any atom is 0.0991 e. The molecule has 0 aliphatic rings. The highest BCUT2D eigenvalue weighted by molar-refractivity contribution is 5.31. The lowest BCUT2D eigenvalue weighted by Gasteiger charge is -2.25.